The standard InChI is InChI=1S/C10H14IN3O/c1-2-15-9-3-8(4-9)14-10-12-5-7(11)6-13-10/h5-6,8-9H,2-4H2,1H3,(H,12,13,14). The van der Waals surface area contributed by atoms with E-state index < -0.39 is 0 Å². The molecule has 0 amide bonds. The number of rotatable bonds is 4. The smallest absolute Gasteiger partial charge is 0.222 e. The maximum absolute atomic E-state index is 5.48. The van der Waals surface area contributed by atoms with E-state index >= 15 is 0 Å². The van der Waals surface area contributed by atoms with Gasteiger partial charge in [0.15, 0.2) is 0 Å². The molecule has 1 saturated carbocycles. The SMILES string of the molecule is CCOC1CC(Nc2ncc(I)cn2)C1. The Hall–Kier alpha value is -0.430. The molecule has 5 heteroatoms. The van der Waals surface area contributed by atoms with Crippen molar-refractivity contribution >= 4 is 28.5 Å². The van der Waals surface area contributed by atoms with Crippen LogP contribution in [-0.4, -0.2) is 28.7 Å². The van der Waals surface area contributed by atoms with Gasteiger partial charge in [-0.05, 0) is 42.4 Å². The van der Waals surface area contributed by atoms with E-state index in [1.807, 2.05) is 19.3 Å². The van der Waals surface area contributed by atoms with E-state index in [0.717, 1.165) is 29.0 Å². The Bertz CT molecular complexity index is 311. The zero-order valence-electron chi connectivity index (χ0n) is 8.61. The quantitative estimate of drug-likeness (QED) is 0.863. The Balaban J connectivity index is 1.77. The van der Waals surface area contributed by atoms with Gasteiger partial charge in [0.05, 0.1) is 6.10 Å². The second-order valence-electron chi connectivity index (χ2n) is 3.61. The van der Waals surface area contributed by atoms with Crippen molar-refractivity contribution in [3.8, 4) is 0 Å². The van der Waals surface area contributed by atoms with Gasteiger partial charge in [-0.15, -0.1) is 0 Å². The van der Waals surface area contributed by atoms with Crippen molar-refractivity contribution < 1.29 is 4.74 Å². The first-order chi connectivity index (χ1) is 7.28. The molecule has 2 rings (SSSR count). The number of anilines is 1. The van der Waals surface area contributed by atoms with Crippen LogP contribution in [0.3, 0.4) is 0 Å². The molecular weight excluding hydrogens is 305 g/mol. The summed E-state index contributed by atoms with van der Waals surface area (Å²) >= 11 is 2.19. The predicted molar refractivity (Wildman–Crippen MR) is 66.8 cm³/mol. The number of halogens is 1. The highest BCUT2D eigenvalue weighted by Gasteiger charge is 2.29. The molecule has 0 aliphatic heterocycles. The Kier molecular flexibility index (Phi) is 3.74. The molecule has 4 nitrogen and oxygen atoms in total. The van der Waals surface area contributed by atoms with E-state index in [1.165, 1.54) is 0 Å². The van der Waals surface area contributed by atoms with Gasteiger partial charge in [-0.25, -0.2) is 9.97 Å². The third-order valence-electron chi connectivity index (χ3n) is 2.45. The fourth-order valence-corrected chi connectivity index (χ4v) is 1.90. The van der Waals surface area contributed by atoms with Crippen molar-refractivity contribution in [3.63, 3.8) is 0 Å². The van der Waals surface area contributed by atoms with Crippen molar-refractivity contribution in [1.82, 2.24) is 9.97 Å². The zero-order valence-corrected chi connectivity index (χ0v) is 10.8. The molecule has 0 saturated heterocycles. The maximum Gasteiger partial charge on any atom is 0.222 e. The van der Waals surface area contributed by atoms with Gasteiger partial charge in [0.1, 0.15) is 0 Å². The summed E-state index contributed by atoms with van der Waals surface area (Å²) in [4.78, 5) is 8.40. The molecule has 1 aliphatic rings. The molecule has 0 radical (unpaired) electrons. The fraction of sp³-hybridized carbons (Fsp3) is 0.600. The third-order valence-corrected chi connectivity index (χ3v) is 3.01. The van der Waals surface area contributed by atoms with E-state index in [9.17, 15) is 0 Å². The fourth-order valence-electron chi connectivity index (χ4n) is 1.62. The summed E-state index contributed by atoms with van der Waals surface area (Å²) in [6.45, 7) is 2.83. The van der Waals surface area contributed by atoms with Crippen LogP contribution < -0.4 is 5.32 Å². The van der Waals surface area contributed by atoms with Gasteiger partial charge in [-0.3, -0.25) is 0 Å². The van der Waals surface area contributed by atoms with E-state index in [1.54, 1.807) is 0 Å². The first kappa shape index (κ1) is 11.1. The Morgan fingerprint density at radius 3 is 2.73 bits per heavy atom. The third kappa shape index (κ3) is 3.01. The average Bonchev–Trinajstić information content (AvgIpc) is 2.18. The van der Waals surface area contributed by atoms with Gasteiger partial charge in [-0.1, -0.05) is 0 Å². The summed E-state index contributed by atoms with van der Waals surface area (Å²) in [5.74, 6) is 0.718. The monoisotopic (exact) mass is 319 g/mol. The van der Waals surface area contributed by atoms with Gasteiger partial charge in [0, 0.05) is 28.6 Å². The molecule has 1 heterocycles. The van der Waals surface area contributed by atoms with Gasteiger partial charge in [0.2, 0.25) is 5.95 Å². The lowest BCUT2D eigenvalue weighted by molar-refractivity contribution is 0.00285. The van der Waals surface area contributed by atoms with Crippen molar-refractivity contribution in [2.45, 2.75) is 31.9 Å². The van der Waals surface area contributed by atoms with Crippen molar-refractivity contribution in [1.29, 1.82) is 0 Å². The minimum atomic E-state index is 0.427. The first-order valence-corrected chi connectivity index (χ1v) is 6.21. The number of hydrogen-bond acceptors (Lipinski definition) is 4. The molecule has 15 heavy (non-hydrogen) atoms. The topological polar surface area (TPSA) is 47.0 Å². The van der Waals surface area contributed by atoms with Crippen LogP contribution >= 0.6 is 22.6 Å². The van der Waals surface area contributed by atoms with E-state index in [2.05, 4.69) is 37.9 Å². The van der Waals surface area contributed by atoms with Gasteiger partial charge >= 0.3 is 0 Å². The lowest BCUT2D eigenvalue weighted by Gasteiger charge is -2.35. The minimum absolute atomic E-state index is 0.427. The number of hydrogen-bond donors (Lipinski definition) is 1. The Labute approximate surface area is 103 Å². The summed E-state index contributed by atoms with van der Waals surface area (Å²) in [6.07, 6.45) is 6.17. The van der Waals surface area contributed by atoms with E-state index in [4.69, 9.17) is 4.74 Å². The van der Waals surface area contributed by atoms with Crippen LogP contribution in [0.25, 0.3) is 0 Å². The number of aromatic nitrogens is 2. The van der Waals surface area contributed by atoms with Crippen LogP contribution in [0.5, 0.6) is 0 Å². The van der Waals surface area contributed by atoms with Crippen molar-refractivity contribution in [2.24, 2.45) is 0 Å². The Morgan fingerprint density at radius 2 is 2.13 bits per heavy atom. The zero-order chi connectivity index (χ0) is 10.7. The van der Waals surface area contributed by atoms with Crippen LogP contribution in [0.15, 0.2) is 12.4 Å². The normalized spacial score (nSPS) is 24.7. The van der Waals surface area contributed by atoms with Gasteiger partial charge in [-0.2, -0.15) is 0 Å². The van der Waals surface area contributed by atoms with Crippen LogP contribution in [0.2, 0.25) is 0 Å². The second kappa shape index (κ2) is 5.07. The molecular formula is C10H14IN3O. The van der Waals surface area contributed by atoms with E-state index in [0.29, 0.717) is 12.1 Å². The molecule has 1 N–H and O–H groups in total. The van der Waals surface area contributed by atoms with Crippen molar-refractivity contribution in [3.05, 3.63) is 16.0 Å². The van der Waals surface area contributed by atoms with Gasteiger partial charge in [0.25, 0.3) is 0 Å². The summed E-state index contributed by atoms with van der Waals surface area (Å²) < 4.78 is 6.54. The lowest BCUT2D eigenvalue weighted by atomic mass is 9.89. The summed E-state index contributed by atoms with van der Waals surface area (Å²) in [5.41, 5.74) is 0. The summed E-state index contributed by atoms with van der Waals surface area (Å²) in [6, 6.07) is 0.474. The molecule has 82 valence electrons. The van der Waals surface area contributed by atoms with Crippen LogP contribution in [0, 0.1) is 3.57 Å². The molecule has 1 aromatic heterocycles. The highest BCUT2D eigenvalue weighted by molar-refractivity contribution is 14.1. The van der Waals surface area contributed by atoms with Crippen LogP contribution in [0.1, 0.15) is 19.8 Å². The predicted octanol–water partition coefficient (Wildman–Crippen LogP) is 2.06. The Morgan fingerprint density at radius 1 is 1.47 bits per heavy atom. The maximum atomic E-state index is 5.48. The molecule has 0 aromatic carbocycles. The minimum Gasteiger partial charge on any atom is -0.378 e. The average molecular weight is 319 g/mol. The molecule has 0 atom stereocenters. The van der Waals surface area contributed by atoms with E-state index in [-0.39, 0.29) is 0 Å². The molecule has 1 aliphatic carbocycles. The molecule has 0 bridgehead atoms. The molecule has 0 spiro atoms. The highest BCUT2D eigenvalue weighted by Crippen LogP contribution is 2.25. The van der Waals surface area contributed by atoms with Crippen LogP contribution in [0.4, 0.5) is 5.95 Å². The lowest BCUT2D eigenvalue weighted by Crippen LogP contribution is -2.41. The summed E-state index contributed by atoms with van der Waals surface area (Å²) in [7, 11) is 0. The highest BCUT2D eigenvalue weighted by atomic mass is 127. The van der Waals surface area contributed by atoms with Crippen molar-refractivity contribution in [2.75, 3.05) is 11.9 Å². The molecule has 0 unspecified atom stereocenters. The van der Waals surface area contributed by atoms with Gasteiger partial charge < -0.3 is 10.1 Å². The largest absolute Gasteiger partial charge is 0.378 e. The second-order valence-corrected chi connectivity index (χ2v) is 4.86. The summed E-state index contributed by atoms with van der Waals surface area (Å²) in [5, 5.41) is 3.29. The number of nitrogens with one attached hydrogen (secondary N) is 1. The molecule has 1 fully saturated rings. The number of ether oxygens (including phenoxy) is 1. The van der Waals surface area contributed by atoms with Crippen LogP contribution in [-0.2, 0) is 4.74 Å². The first-order valence-electron chi connectivity index (χ1n) is 5.13. The number of nitrogens with zero attached hydrogens (tertiary/aromatic N) is 2. The molecule has 1 aromatic rings.